The van der Waals surface area contributed by atoms with Crippen molar-refractivity contribution in [2.75, 3.05) is 13.2 Å². The van der Waals surface area contributed by atoms with Crippen molar-refractivity contribution in [1.29, 1.82) is 0 Å². The van der Waals surface area contributed by atoms with Gasteiger partial charge in [0.2, 0.25) is 5.91 Å². The SMILES string of the molecule is CCCCCCCCCCCCCCCCCCN(C(=O)CCCCCCCCCCCCCCCCC)[C@@H]1O[C@H](CO)[C@@H](O)[C@H](O)[C@@H]1O. The summed E-state index contributed by atoms with van der Waals surface area (Å²) < 4.78 is 5.82. The van der Waals surface area contributed by atoms with Gasteiger partial charge < -0.3 is 30.1 Å². The molecule has 0 aromatic carbocycles. The van der Waals surface area contributed by atoms with Gasteiger partial charge in [-0.15, -0.1) is 0 Å². The molecule has 0 radical (unpaired) electrons. The van der Waals surface area contributed by atoms with Crippen LogP contribution in [-0.4, -0.2) is 75.0 Å². The molecule has 0 saturated carbocycles. The number of hydrogen-bond acceptors (Lipinski definition) is 6. The zero-order valence-corrected chi connectivity index (χ0v) is 32.5. The molecule has 0 aromatic heterocycles. The maximum atomic E-state index is 13.4. The Bertz CT molecular complexity index is 721. The third kappa shape index (κ3) is 23.5. The van der Waals surface area contributed by atoms with Gasteiger partial charge in [-0.25, -0.2) is 0 Å². The second kappa shape index (κ2) is 33.1. The number of aliphatic hydroxyl groups excluding tert-OH is 4. The normalized spacial score (nSPS) is 21.0. The average molecular weight is 698 g/mol. The first-order chi connectivity index (χ1) is 24.0. The summed E-state index contributed by atoms with van der Waals surface area (Å²) in [5.41, 5.74) is 0. The molecular weight excluding hydrogens is 614 g/mol. The van der Waals surface area contributed by atoms with Crippen molar-refractivity contribution < 1.29 is 30.0 Å². The molecule has 7 nitrogen and oxygen atoms in total. The van der Waals surface area contributed by atoms with Crippen LogP contribution in [0.15, 0.2) is 0 Å². The van der Waals surface area contributed by atoms with Gasteiger partial charge in [0.05, 0.1) is 6.61 Å². The van der Waals surface area contributed by atoms with Gasteiger partial charge in [-0.1, -0.05) is 200 Å². The lowest BCUT2D eigenvalue weighted by Gasteiger charge is -2.44. The summed E-state index contributed by atoms with van der Waals surface area (Å²) >= 11 is 0. The smallest absolute Gasteiger partial charge is 0.224 e. The van der Waals surface area contributed by atoms with Gasteiger partial charge in [0.1, 0.15) is 24.4 Å². The molecule has 292 valence electrons. The van der Waals surface area contributed by atoms with Crippen molar-refractivity contribution in [1.82, 2.24) is 4.90 Å². The van der Waals surface area contributed by atoms with E-state index in [-0.39, 0.29) is 5.91 Å². The van der Waals surface area contributed by atoms with Crippen molar-refractivity contribution in [2.24, 2.45) is 0 Å². The van der Waals surface area contributed by atoms with E-state index in [4.69, 9.17) is 4.74 Å². The number of ether oxygens (including phenoxy) is 1. The van der Waals surface area contributed by atoms with Crippen LogP contribution in [-0.2, 0) is 9.53 Å². The molecular formula is C42H83NO6. The highest BCUT2D eigenvalue weighted by Gasteiger charge is 2.46. The molecule has 1 aliphatic heterocycles. The number of carbonyl (C=O) groups excluding carboxylic acids is 1. The standard InChI is InChI=1S/C42H83NO6/c1-3-5-7-9-11-13-15-17-19-21-23-25-27-29-31-33-35-43(42-41(48)40(47)39(46)37(36-44)49-42)38(45)34-32-30-28-26-24-22-20-18-16-14-12-10-8-6-4-2/h37,39-42,44,46-48H,3-36H2,1-2H3/t37-,39-,40+,41+,42-/m1/s1. The lowest BCUT2D eigenvalue weighted by molar-refractivity contribution is -0.262. The minimum atomic E-state index is -1.47. The summed E-state index contributed by atoms with van der Waals surface area (Å²) in [5, 5.41) is 41.1. The number of aliphatic hydroxyl groups is 4. The average Bonchev–Trinajstić information content (AvgIpc) is 3.10. The van der Waals surface area contributed by atoms with Crippen molar-refractivity contribution in [2.45, 2.75) is 250 Å². The topological polar surface area (TPSA) is 110 Å². The highest BCUT2D eigenvalue weighted by atomic mass is 16.6. The number of amides is 1. The van der Waals surface area contributed by atoms with Crippen LogP contribution in [0.4, 0.5) is 0 Å². The Balaban J connectivity index is 2.27. The molecule has 0 aliphatic carbocycles. The molecule has 0 spiro atoms. The molecule has 4 N–H and O–H groups in total. The van der Waals surface area contributed by atoms with Crippen LogP contribution in [0.1, 0.15) is 219 Å². The van der Waals surface area contributed by atoms with Crippen LogP contribution in [0.2, 0.25) is 0 Å². The fourth-order valence-corrected chi connectivity index (χ4v) is 7.35. The number of nitrogens with zero attached hydrogens (tertiary/aromatic N) is 1. The predicted molar refractivity (Wildman–Crippen MR) is 205 cm³/mol. The van der Waals surface area contributed by atoms with E-state index in [1.54, 1.807) is 4.90 Å². The third-order valence-corrected chi connectivity index (χ3v) is 10.7. The fourth-order valence-electron chi connectivity index (χ4n) is 7.35. The van der Waals surface area contributed by atoms with Crippen LogP contribution in [0.3, 0.4) is 0 Å². The summed E-state index contributed by atoms with van der Waals surface area (Å²) in [6, 6.07) is 0. The van der Waals surface area contributed by atoms with E-state index in [2.05, 4.69) is 13.8 Å². The minimum Gasteiger partial charge on any atom is -0.394 e. The maximum Gasteiger partial charge on any atom is 0.224 e. The van der Waals surface area contributed by atoms with Crippen LogP contribution >= 0.6 is 0 Å². The Labute approximate surface area is 303 Å². The van der Waals surface area contributed by atoms with Gasteiger partial charge in [0.15, 0.2) is 6.23 Å². The molecule has 1 aliphatic rings. The fraction of sp³-hybridized carbons (Fsp3) is 0.976. The largest absolute Gasteiger partial charge is 0.394 e. The summed E-state index contributed by atoms with van der Waals surface area (Å²) in [7, 11) is 0. The van der Waals surface area contributed by atoms with Crippen molar-refractivity contribution >= 4 is 5.91 Å². The Morgan fingerprint density at radius 1 is 0.469 bits per heavy atom. The number of hydrogen-bond donors (Lipinski definition) is 4. The van der Waals surface area contributed by atoms with Gasteiger partial charge in [-0.2, -0.15) is 0 Å². The maximum absolute atomic E-state index is 13.4. The molecule has 1 amide bonds. The van der Waals surface area contributed by atoms with E-state index >= 15 is 0 Å². The molecule has 5 atom stereocenters. The Kier molecular flexibility index (Phi) is 31.3. The van der Waals surface area contributed by atoms with E-state index < -0.39 is 37.3 Å². The van der Waals surface area contributed by atoms with Gasteiger partial charge in [0, 0.05) is 13.0 Å². The Morgan fingerprint density at radius 2 is 0.796 bits per heavy atom. The molecule has 49 heavy (non-hydrogen) atoms. The zero-order valence-electron chi connectivity index (χ0n) is 32.5. The van der Waals surface area contributed by atoms with Crippen molar-refractivity contribution in [3.8, 4) is 0 Å². The monoisotopic (exact) mass is 698 g/mol. The zero-order chi connectivity index (χ0) is 35.8. The number of rotatable bonds is 35. The van der Waals surface area contributed by atoms with Crippen molar-refractivity contribution in [3.63, 3.8) is 0 Å². The first-order valence-corrected chi connectivity index (χ1v) is 21.6. The van der Waals surface area contributed by atoms with Gasteiger partial charge in [-0.3, -0.25) is 4.79 Å². The van der Waals surface area contributed by atoms with Gasteiger partial charge in [0.25, 0.3) is 0 Å². The molecule has 1 heterocycles. The third-order valence-electron chi connectivity index (χ3n) is 10.7. The number of unbranched alkanes of at least 4 members (excludes halogenated alkanes) is 29. The van der Waals surface area contributed by atoms with Crippen LogP contribution in [0.25, 0.3) is 0 Å². The van der Waals surface area contributed by atoms with Crippen LogP contribution in [0, 0.1) is 0 Å². The van der Waals surface area contributed by atoms with E-state index in [1.165, 1.54) is 161 Å². The summed E-state index contributed by atoms with van der Waals surface area (Å²) in [4.78, 5) is 15.0. The van der Waals surface area contributed by atoms with Crippen molar-refractivity contribution in [3.05, 3.63) is 0 Å². The lowest BCUT2D eigenvalue weighted by Crippen LogP contribution is -2.64. The van der Waals surface area contributed by atoms with Crippen LogP contribution in [0.5, 0.6) is 0 Å². The summed E-state index contributed by atoms with van der Waals surface area (Å²) in [6.07, 6.45) is 33.5. The van der Waals surface area contributed by atoms with E-state index in [1.807, 2.05) is 0 Å². The summed E-state index contributed by atoms with van der Waals surface area (Å²) in [6.45, 7) is 4.50. The molecule has 7 heteroatoms. The molecule has 1 saturated heterocycles. The Hall–Kier alpha value is -0.730. The van der Waals surface area contributed by atoms with E-state index in [9.17, 15) is 25.2 Å². The van der Waals surface area contributed by atoms with Gasteiger partial charge >= 0.3 is 0 Å². The first kappa shape index (κ1) is 46.3. The molecule has 0 bridgehead atoms. The second-order valence-corrected chi connectivity index (χ2v) is 15.3. The molecule has 1 fully saturated rings. The predicted octanol–water partition coefficient (Wildman–Crippen LogP) is 10.1. The molecule has 0 aromatic rings. The molecule has 0 unspecified atom stereocenters. The summed E-state index contributed by atoms with van der Waals surface area (Å²) in [5.74, 6) is -0.0833. The minimum absolute atomic E-state index is 0.0833. The lowest BCUT2D eigenvalue weighted by atomic mass is 9.97. The second-order valence-electron chi connectivity index (χ2n) is 15.3. The Morgan fingerprint density at radius 3 is 1.14 bits per heavy atom. The first-order valence-electron chi connectivity index (χ1n) is 21.6. The highest BCUT2D eigenvalue weighted by molar-refractivity contribution is 5.76. The quantitative estimate of drug-likeness (QED) is 0.0491. The van der Waals surface area contributed by atoms with E-state index in [0.29, 0.717) is 13.0 Å². The number of carbonyl (C=O) groups is 1. The van der Waals surface area contributed by atoms with Crippen LogP contribution < -0.4 is 0 Å². The van der Waals surface area contributed by atoms with E-state index in [0.717, 1.165) is 38.5 Å². The highest BCUT2D eigenvalue weighted by Crippen LogP contribution is 2.26. The van der Waals surface area contributed by atoms with Gasteiger partial charge in [-0.05, 0) is 12.8 Å². The molecule has 1 rings (SSSR count).